The highest BCUT2D eigenvalue weighted by molar-refractivity contribution is 5.74. The third-order valence-electron chi connectivity index (χ3n) is 2.70. The first-order valence-corrected chi connectivity index (χ1v) is 5.10. The number of nitrogens with two attached hydrogens (primary N) is 1. The molecule has 2 N–H and O–H groups in total. The third kappa shape index (κ3) is 3.51. The minimum absolute atomic E-state index is 0.0139. The predicted octanol–water partition coefficient (Wildman–Crippen LogP) is -0.255. The SMILES string of the molecule is COC(=O)CC1CC(N)CN(C(C)=O)C1. The Labute approximate surface area is 89.6 Å². The molecule has 1 fully saturated rings. The fourth-order valence-corrected chi connectivity index (χ4v) is 1.97. The first-order chi connectivity index (χ1) is 7.02. The maximum Gasteiger partial charge on any atom is 0.305 e. The number of amides is 1. The van der Waals surface area contributed by atoms with E-state index in [1.54, 1.807) is 4.90 Å². The van der Waals surface area contributed by atoms with Gasteiger partial charge in [0.15, 0.2) is 0 Å². The van der Waals surface area contributed by atoms with Crippen LogP contribution in [0.1, 0.15) is 19.8 Å². The molecular weight excluding hydrogens is 196 g/mol. The van der Waals surface area contributed by atoms with Crippen LogP contribution < -0.4 is 5.73 Å². The average molecular weight is 214 g/mol. The first-order valence-electron chi connectivity index (χ1n) is 5.10. The Morgan fingerprint density at radius 3 is 2.67 bits per heavy atom. The van der Waals surface area contributed by atoms with E-state index in [0.29, 0.717) is 19.5 Å². The van der Waals surface area contributed by atoms with E-state index in [-0.39, 0.29) is 23.8 Å². The highest BCUT2D eigenvalue weighted by atomic mass is 16.5. The largest absolute Gasteiger partial charge is 0.469 e. The predicted molar refractivity (Wildman–Crippen MR) is 55.0 cm³/mol. The summed E-state index contributed by atoms with van der Waals surface area (Å²) in [5, 5.41) is 0. The van der Waals surface area contributed by atoms with Gasteiger partial charge in [-0.2, -0.15) is 0 Å². The maximum absolute atomic E-state index is 11.2. The van der Waals surface area contributed by atoms with Gasteiger partial charge in [-0.1, -0.05) is 0 Å². The van der Waals surface area contributed by atoms with Crippen LogP contribution in [-0.2, 0) is 14.3 Å². The Bertz CT molecular complexity index is 255. The van der Waals surface area contributed by atoms with Crippen molar-refractivity contribution < 1.29 is 14.3 Å². The van der Waals surface area contributed by atoms with Gasteiger partial charge in [-0.15, -0.1) is 0 Å². The van der Waals surface area contributed by atoms with Crippen molar-refractivity contribution in [1.82, 2.24) is 4.90 Å². The van der Waals surface area contributed by atoms with Crippen molar-refractivity contribution in [3.05, 3.63) is 0 Å². The van der Waals surface area contributed by atoms with Crippen molar-refractivity contribution >= 4 is 11.9 Å². The number of hydrogen-bond acceptors (Lipinski definition) is 4. The Balaban J connectivity index is 2.51. The molecule has 86 valence electrons. The third-order valence-corrected chi connectivity index (χ3v) is 2.70. The van der Waals surface area contributed by atoms with E-state index in [9.17, 15) is 9.59 Å². The monoisotopic (exact) mass is 214 g/mol. The molecule has 1 aliphatic heterocycles. The lowest BCUT2D eigenvalue weighted by Crippen LogP contribution is -2.49. The number of likely N-dealkylation sites (tertiary alicyclic amines) is 1. The van der Waals surface area contributed by atoms with Crippen LogP contribution in [0.15, 0.2) is 0 Å². The highest BCUT2D eigenvalue weighted by Crippen LogP contribution is 2.19. The quantitative estimate of drug-likeness (QED) is 0.643. The molecule has 0 aromatic rings. The summed E-state index contributed by atoms with van der Waals surface area (Å²) in [6.45, 7) is 2.72. The minimum Gasteiger partial charge on any atom is -0.469 e. The number of piperidine rings is 1. The first kappa shape index (κ1) is 12.0. The highest BCUT2D eigenvalue weighted by Gasteiger charge is 2.28. The number of nitrogens with zero attached hydrogens (tertiary/aromatic N) is 1. The summed E-state index contributed by atoms with van der Waals surface area (Å²) in [6, 6.07) is -0.0303. The molecule has 0 aromatic carbocycles. The number of methoxy groups -OCH3 is 1. The summed E-state index contributed by atoms with van der Waals surface area (Å²) in [6.07, 6.45) is 1.12. The van der Waals surface area contributed by atoms with E-state index >= 15 is 0 Å². The van der Waals surface area contributed by atoms with Crippen LogP contribution in [0.2, 0.25) is 0 Å². The molecule has 1 saturated heterocycles. The van der Waals surface area contributed by atoms with E-state index in [2.05, 4.69) is 4.74 Å². The van der Waals surface area contributed by atoms with Gasteiger partial charge < -0.3 is 15.4 Å². The topological polar surface area (TPSA) is 72.6 Å². The molecule has 15 heavy (non-hydrogen) atoms. The molecule has 1 aliphatic rings. The fraction of sp³-hybridized carbons (Fsp3) is 0.800. The van der Waals surface area contributed by atoms with Crippen molar-refractivity contribution in [3.8, 4) is 0 Å². The smallest absolute Gasteiger partial charge is 0.305 e. The Morgan fingerprint density at radius 2 is 2.13 bits per heavy atom. The summed E-state index contributed by atoms with van der Waals surface area (Å²) in [5.41, 5.74) is 5.82. The number of esters is 1. The van der Waals surface area contributed by atoms with Gasteiger partial charge in [-0.05, 0) is 12.3 Å². The van der Waals surface area contributed by atoms with E-state index < -0.39 is 0 Å². The molecule has 0 radical (unpaired) electrons. The van der Waals surface area contributed by atoms with Crippen LogP contribution in [0.5, 0.6) is 0 Å². The number of rotatable bonds is 2. The normalized spacial score (nSPS) is 26.2. The van der Waals surface area contributed by atoms with Crippen LogP contribution in [0.3, 0.4) is 0 Å². The second kappa shape index (κ2) is 5.11. The number of ether oxygens (including phenoxy) is 1. The summed E-state index contributed by atoms with van der Waals surface area (Å²) in [4.78, 5) is 24.0. The van der Waals surface area contributed by atoms with Gasteiger partial charge in [-0.25, -0.2) is 0 Å². The van der Waals surface area contributed by atoms with E-state index in [1.165, 1.54) is 14.0 Å². The number of carbonyl (C=O) groups is 2. The van der Waals surface area contributed by atoms with Crippen molar-refractivity contribution in [3.63, 3.8) is 0 Å². The van der Waals surface area contributed by atoms with Gasteiger partial charge in [0, 0.05) is 26.1 Å². The summed E-state index contributed by atoms with van der Waals surface area (Å²) >= 11 is 0. The van der Waals surface area contributed by atoms with Gasteiger partial charge in [-0.3, -0.25) is 9.59 Å². The van der Waals surface area contributed by atoms with Crippen LogP contribution in [0.4, 0.5) is 0 Å². The van der Waals surface area contributed by atoms with Gasteiger partial charge >= 0.3 is 5.97 Å². The van der Waals surface area contributed by atoms with Crippen LogP contribution >= 0.6 is 0 Å². The summed E-state index contributed by atoms with van der Waals surface area (Å²) in [7, 11) is 1.37. The average Bonchev–Trinajstić information content (AvgIpc) is 2.16. The molecule has 0 bridgehead atoms. The van der Waals surface area contributed by atoms with Gasteiger partial charge in [0.1, 0.15) is 0 Å². The molecule has 0 saturated carbocycles. The zero-order valence-corrected chi connectivity index (χ0v) is 9.23. The van der Waals surface area contributed by atoms with Gasteiger partial charge in [0.05, 0.1) is 13.5 Å². The Hall–Kier alpha value is -1.10. The lowest BCUT2D eigenvalue weighted by Gasteiger charge is -2.35. The molecule has 5 heteroatoms. The fourth-order valence-electron chi connectivity index (χ4n) is 1.97. The van der Waals surface area contributed by atoms with Crippen molar-refractivity contribution in [1.29, 1.82) is 0 Å². The maximum atomic E-state index is 11.2. The van der Waals surface area contributed by atoms with Crippen molar-refractivity contribution in [2.24, 2.45) is 11.7 Å². The molecular formula is C10H18N2O3. The standard InChI is InChI=1S/C10H18N2O3/c1-7(13)12-5-8(3-9(11)6-12)4-10(14)15-2/h8-9H,3-6,11H2,1-2H3. The molecule has 0 aliphatic carbocycles. The zero-order valence-electron chi connectivity index (χ0n) is 9.23. The van der Waals surface area contributed by atoms with Crippen LogP contribution in [-0.4, -0.2) is 43.0 Å². The summed E-state index contributed by atoms with van der Waals surface area (Å²) < 4.78 is 4.60. The molecule has 5 nitrogen and oxygen atoms in total. The second-order valence-corrected chi connectivity index (χ2v) is 4.07. The van der Waals surface area contributed by atoms with E-state index in [4.69, 9.17) is 5.73 Å². The van der Waals surface area contributed by atoms with Crippen LogP contribution in [0.25, 0.3) is 0 Å². The van der Waals surface area contributed by atoms with Crippen LogP contribution in [0, 0.1) is 5.92 Å². The van der Waals surface area contributed by atoms with Crippen molar-refractivity contribution in [2.75, 3.05) is 20.2 Å². The molecule has 1 heterocycles. The minimum atomic E-state index is -0.238. The van der Waals surface area contributed by atoms with Crippen molar-refractivity contribution in [2.45, 2.75) is 25.8 Å². The Kier molecular flexibility index (Phi) is 4.08. The molecule has 0 spiro atoms. The molecule has 0 aromatic heterocycles. The van der Waals surface area contributed by atoms with E-state index in [0.717, 1.165) is 6.42 Å². The lowest BCUT2D eigenvalue weighted by molar-refractivity contribution is -0.143. The second-order valence-electron chi connectivity index (χ2n) is 4.07. The molecule has 1 amide bonds. The molecule has 2 unspecified atom stereocenters. The number of carbonyl (C=O) groups excluding carboxylic acids is 2. The number of hydrogen-bond donors (Lipinski definition) is 1. The van der Waals surface area contributed by atoms with Gasteiger partial charge in [0.2, 0.25) is 5.91 Å². The zero-order chi connectivity index (χ0) is 11.4. The Morgan fingerprint density at radius 1 is 1.47 bits per heavy atom. The molecule has 2 atom stereocenters. The molecule has 1 rings (SSSR count). The van der Waals surface area contributed by atoms with E-state index in [1.807, 2.05) is 0 Å². The summed E-state index contributed by atoms with van der Waals surface area (Å²) in [5.74, 6) is -0.0947. The lowest BCUT2D eigenvalue weighted by atomic mass is 9.92. The van der Waals surface area contributed by atoms with Gasteiger partial charge in [0.25, 0.3) is 0 Å².